The Hall–Kier alpha value is -2.23. The maximum Gasteiger partial charge on any atom is 0.328 e. The van der Waals surface area contributed by atoms with Crippen LogP contribution in [-0.4, -0.2) is 40.9 Å². The first-order chi connectivity index (χ1) is 15.9. The topological polar surface area (TPSA) is 122 Å². The Labute approximate surface area is 198 Å². The Morgan fingerprint density at radius 3 is 2.58 bits per heavy atom. The van der Waals surface area contributed by atoms with Crippen LogP contribution in [0.5, 0.6) is 0 Å². The molecule has 0 aromatic carbocycles. The van der Waals surface area contributed by atoms with E-state index in [2.05, 4.69) is 15.0 Å². The molecule has 1 aromatic rings. The number of hydrogen-bond acceptors (Lipinski definition) is 6. The predicted molar refractivity (Wildman–Crippen MR) is 125 cm³/mol. The number of nitrogens with one attached hydrogen (secondary N) is 1. The summed E-state index contributed by atoms with van der Waals surface area (Å²) in [5, 5.41) is 3.52. The number of nitrogens with zero attached hydrogens (tertiary/aromatic N) is 4. The summed E-state index contributed by atoms with van der Waals surface area (Å²) in [5.41, 5.74) is 8.44. The van der Waals surface area contributed by atoms with Crippen LogP contribution in [0.4, 0.5) is 4.39 Å². The van der Waals surface area contributed by atoms with Gasteiger partial charge < -0.3 is 9.47 Å². The largest absolute Gasteiger partial charge is 0.463 e. The molecule has 1 aliphatic rings. The van der Waals surface area contributed by atoms with Crippen LogP contribution in [0.2, 0.25) is 0 Å². The SMILES string of the molecule is Cc1cn([C@H]2C[C@H](F)[C@@H](COC(=O)CCCCCCCCCCCN=[N+]=[N-])O2)c(=O)[nH]c1=S. The van der Waals surface area contributed by atoms with Gasteiger partial charge in [0.05, 0.1) is 0 Å². The Bertz CT molecular complexity index is 915. The van der Waals surface area contributed by atoms with Crippen LogP contribution in [0, 0.1) is 11.6 Å². The fourth-order valence-corrected chi connectivity index (χ4v) is 3.93. The molecule has 0 radical (unpaired) electrons. The van der Waals surface area contributed by atoms with Crippen molar-refractivity contribution >= 4 is 18.2 Å². The van der Waals surface area contributed by atoms with Gasteiger partial charge in [-0.15, -0.1) is 0 Å². The van der Waals surface area contributed by atoms with Gasteiger partial charge in [0.2, 0.25) is 0 Å². The fraction of sp³-hybridized carbons (Fsp3) is 0.773. The minimum Gasteiger partial charge on any atom is -0.463 e. The summed E-state index contributed by atoms with van der Waals surface area (Å²) in [6.45, 7) is 2.17. The van der Waals surface area contributed by atoms with E-state index in [1.54, 1.807) is 13.1 Å². The van der Waals surface area contributed by atoms with E-state index in [4.69, 9.17) is 27.2 Å². The van der Waals surface area contributed by atoms with Crippen molar-refractivity contribution in [1.82, 2.24) is 9.55 Å². The molecule has 33 heavy (non-hydrogen) atoms. The number of aryl methyl sites for hydroxylation is 1. The number of alkyl halides is 1. The maximum absolute atomic E-state index is 14.4. The molecule has 11 heteroatoms. The lowest BCUT2D eigenvalue weighted by molar-refractivity contribution is -0.149. The number of hydrogen-bond donors (Lipinski definition) is 1. The van der Waals surface area contributed by atoms with E-state index >= 15 is 0 Å². The number of aromatic amines is 1. The molecule has 2 rings (SSSR count). The molecule has 1 N–H and O–H groups in total. The fourth-order valence-electron chi connectivity index (χ4n) is 3.79. The van der Waals surface area contributed by atoms with Gasteiger partial charge in [0.25, 0.3) is 0 Å². The van der Waals surface area contributed by atoms with Crippen molar-refractivity contribution in [3.05, 3.63) is 37.3 Å². The highest BCUT2D eigenvalue weighted by Crippen LogP contribution is 2.30. The first kappa shape index (κ1) is 27.0. The van der Waals surface area contributed by atoms with Gasteiger partial charge in [-0.25, -0.2) is 9.18 Å². The Balaban J connectivity index is 1.55. The highest BCUT2D eigenvalue weighted by molar-refractivity contribution is 7.71. The Kier molecular flexibility index (Phi) is 12.1. The van der Waals surface area contributed by atoms with Crippen LogP contribution in [0.15, 0.2) is 16.1 Å². The highest BCUT2D eigenvalue weighted by atomic mass is 32.1. The molecule has 9 nitrogen and oxygen atoms in total. The van der Waals surface area contributed by atoms with Crippen molar-refractivity contribution in [3.63, 3.8) is 0 Å². The number of carbonyl (C=O) groups excluding carboxylic acids is 1. The molecule has 184 valence electrons. The first-order valence-electron chi connectivity index (χ1n) is 11.7. The van der Waals surface area contributed by atoms with Gasteiger partial charge in [-0.1, -0.05) is 62.3 Å². The summed E-state index contributed by atoms with van der Waals surface area (Å²) >= 11 is 5.03. The average molecular weight is 484 g/mol. The van der Waals surface area contributed by atoms with E-state index < -0.39 is 24.2 Å². The van der Waals surface area contributed by atoms with Gasteiger partial charge in [-0.2, -0.15) is 0 Å². The molecule has 1 aromatic heterocycles. The number of ether oxygens (including phenoxy) is 2. The van der Waals surface area contributed by atoms with E-state index in [0.29, 0.717) is 23.2 Å². The average Bonchev–Trinajstić information content (AvgIpc) is 3.15. The molecule has 1 fully saturated rings. The van der Waals surface area contributed by atoms with Gasteiger partial charge in [-0.05, 0) is 25.3 Å². The number of aromatic nitrogens is 2. The lowest BCUT2D eigenvalue weighted by Gasteiger charge is -2.16. The standard InChI is InChI=1S/C22H34FN5O4S/c1-16-14-28(22(30)26-21(16)33)19-13-17(23)18(32-19)15-31-20(29)11-9-7-5-3-2-4-6-8-10-12-25-27-24/h14,17-19H,2-13,15H2,1H3,(H,26,30,33)/t17-,18+,19+/m0/s1. The van der Waals surface area contributed by atoms with Gasteiger partial charge in [-0.3, -0.25) is 14.3 Å². The van der Waals surface area contributed by atoms with Crippen LogP contribution >= 0.6 is 12.2 Å². The van der Waals surface area contributed by atoms with E-state index in [1.165, 1.54) is 17.4 Å². The number of azide groups is 1. The van der Waals surface area contributed by atoms with Crippen molar-refractivity contribution in [2.24, 2.45) is 5.11 Å². The molecule has 1 aliphatic heterocycles. The van der Waals surface area contributed by atoms with Crippen molar-refractivity contribution in [3.8, 4) is 0 Å². The highest BCUT2D eigenvalue weighted by Gasteiger charge is 2.37. The molecule has 0 aliphatic carbocycles. The second-order valence-electron chi connectivity index (χ2n) is 8.43. The van der Waals surface area contributed by atoms with Crippen molar-refractivity contribution in [2.45, 2.75) is 96.1 Å². The Morgan fingerprint density at radius 2 is 1.91 bits per heavy atom. The van der Waals surface area contributed by atoms with Crippen LogP contribution in [0.3, 0.4) is 0 Å². The molecule has 3 atom stereocenters. The summed E-state index contributed by atoms with van der Waals surface area (Å²) in [4.78, 5) is 29.3. The monoisotopic (exact) mass is 483 g/mol. The molecular formula is C22H34FN5O4S. The third-order valence-corrected chi connectivity index (χ3v) is 6.15. The van der Waals surface area contributed by atoms with Crippen LogP contribution in [0.1, 0.15) is 82.4 Å². The Morgan fingerprint density at radius 1 is 1.27 bits per heavy atom. The molecule has 0 bridgehead atoms. The van der Waals surface area contributed by atoms with Gasteiger partial charge in [0.15, 0.2) is 0 Å². The van der Waals surface area contributed by atoms with E-state index in [-0.39, 0.29) is 19.0 Å². The van der Waals surface area contributed by atoms with Crippen molar-refractivity contribution in [1.29, 1.82) is 0 Å². The maximum atomic E-state index is 14.4. The quantitative estimate of drug-likeness (QED) is 0.0869. The molecule has 0 amide bonds. The second-order valence-corrected chi connectivity index (χ2v) is 8.84. The molecular weight excluding hydrogens is 449 g/mol. The van der Waals surface area contributed by atoms with E-state index in [0.717, 1.165) is 44.9 Å². The summed E-state index contributed by atoms with van der Waals surface area (Å²) in [6.07, 6.45) is 8.34. The first-order valence-corrected chi connectivity index (χ1v) is 12.1. The summed E-state index contributed by atoms with van der Waals surface area (Å²) in [7, 11) is 0. The minimum absolute atomic E-state index is 0.0139. The predicted octanol–water partition coefficient (Wildman–Crippen LogP) is 5.59. The zero-order valence-electron chi connectivity index (χ0n) is 19.2. The number of H-pyrrole nitrogens is 1. The van der Waals surface area contributed by atoms with Crippen molar-refractivity contribution < 1.29 is 18.7 Å². The number of carbonyl (C=O) groups is 1. The molecule has 1 saturated heterocycles. The third-order valence-electron chi connectivity index (χ3n) is 5.73. The molecule has 0 saturated carbocycles. The van der Waals surface area contributed by atoms with Crippen LogP contribution in [0.25, 0.3) is 10.4 Å². The van der Waals surface area contributed by atoms with Crippen LogP contribution < -0.4 is 5.69 Å². The van der Waals surface area contributed by atoms with E-state index in [1.807, 2.05) is 0 Å². The lowest BCUT2D eigenvalue weighted by Crippen LogP contribution is -2.28. The zero-order valence-corrected chi connectivity index (χ0v) is 20.0. The summed E-state index contributed by atoms with van der Waals surface area (Å²) in [5.74, 6) is -0.355. The van der Waals surface area contributed by atoms with Gasteiger partial charge in [0, 0.05) is 36.1 Å². The van der Waals surface area contributed by atoms with Gasteiger partial charge in [0.1, 0.15) is 29.8 Å². The normalized spacial score (nSPS) is 19.9. The number of rotatable bonds is 15. The molecule has 0 unspecified atom stereocenters. The lowest BCUT2D eigenvalue weighted by atomic mass is 10.1. The number of esters is 1. The second kappa shape index (κ2) is 14.8. The molecule has 0 spiro atoms. The van der Waals surface area contributed by atoms with E-state index in [9.17, 15) is 14.0 Å². The smallest absolute Gasteiger partial charge is 0.328 e. The van der Waals surface area contributed by atoms with Crippen molar-refractivity contribution in [2.75, 3.05) is 13.2 Å². The van der Waals surface area contributed by atoms with Gasteiger partial charge >= 0.3 is 11.7 Å². The summed E-state index contributed by atoms with van der Waals surface area (Å²) in [6, 6.07) is 0. The zero-order chi connectivity index (χ0) is 24.1. The summed E-state index contributed by atoms with van der Waals surface area (Å²) < 4.78 is 26.8. The minimum atomic E-state index is -1.32. The number of unbranched alkanes of at least 4 members (excludes halogenated alkanes) is 8. The third kappa shape index (κ3) is 9.65. The molecule has 2 heterocycles. The number of halogens is 1. The van der Waals surface area contributed by atoms with Crippen LogP contribution in [-0.2, 0) is 14.3 Å².